The van der Waals surface area contributed by atoms with Gasteiger partial charge in [-0.3, -0.25) is 0 Å². The van der Waals surface area contributed by atoms with Crippen molar-refractivity contribution in [3.8, 4) is 0 Å². The molecule has 1 fully saturated rings. The van der Waals surface area contributed by atoms with Gasteiger partial charge in [-0.2, -0.15) is 0 Å². The van der Waals surface area contributed by atoms with Crippen molar-refractivity contribution in [3.63, 3.8) is 0 Å². The third kappa shape index (κ3) is 2.92. The van der Waals surface area contributed by atoms with Crippen molar-refractivity contribution in [1.82, 2.24) is 9.88 Å². The number of aromatic nitrogens is 1. The van der Waals surface area contributed by atoms with Crippen molar-refractivity contribution < 1.29 is 0 Å². The van der Waals surface area contributed by atoms with E-state index in [4.69, 9.17) is 0 Å². The molecule has 4 heteroatoms. The Kier molecular flexibility index (Phi) is 3.59. The fourth-order valence-corrected chi connectivity index (χ4v) is 2.31. The predicted octanol–water partition coefficient (Wildman–Crippen LogP) is 2.35. The van der Waals surface area contributed by atoms with Gasteiger partial charge in [0.2, 0.25) is 0 Å². The molecule has 1 saturated heterocycles. The van der Waals surface area contributed by atoms with Crippen LogP contribution in [0, 0.1) is 0 Å². The number of nitrogens with one attached hydrogen (secondary N) is 1. The van der Waals surface area contributed by atoms with Gasteiger partial charge in [-0.25, -0.2) is 4.98 Å². The van der Waals surface area contributed by atoms with Crippen LogP contribution in [0.25, 0.3) is 0 Å². The second-order valence-corrected chi connectivity index (χ2v) is 4.82. The molecular formula is C11H16BrN3. The van der Waals surface area contributed by atoms with Crippen LogP contribution in [0.2, 0.25) is 0 Å². The summed E-state index contributed by atoms with van der Waals surface area (Å²) in [6.45, 7) is 2.21. The van der Waals surface area contributed by atoms with Crippen LogP contribution in [0.3, 0.4) is 0 Å². The zero-order chi connectivity index (χ0) is 10.7. The van der Waals surface area contributed by atoms with Crippen LogP contribution in [0.1, 0.15) is 12.8 Å². The van der Waals surface area contributed by atoms with Gasteiger partial charge in [0.25, 0.3) is 0 Å². The summed E-state index contributed by atoms with van der Waals surface area (Å²) >= 11 is 3.37. The lowest BCUT2D eigenvalue weighted by Crippen LogP contribution is -2.31. The number of pyridine rings is 1. The molecule has 2 rings (SSSR count). The molecule has 0 amide bonds. The van der Waals surface area contributed by atoms with E-state index in [0.717, 1.165) is 17.0 Å². The Balaban J connectivity index is 1.87. The number of likely N-dealkylation sites (tertiary alicyclic amines) is 1. The smallest absolute Gasteiger partial charge is 0.127 e. The zero-order valence-electron chi connectivity index (χ0n) is 8.91. The van der Waals surface area contributed by atoms with Gasteiger partial charge in [-0.05, 0) is 54.5 Å². The Bertz CT molecular complexity index is 329. The molecular weight excluding hydrogens is 254 g/mol. The lowest BCUT2D eigenvalue weighted by Gasteiger charge is -2.19. The van der Waals surface area contributed by atoms with Gasteiger partial charge in [0.05, 0.1) is 0 Å². The van der Waals surface area contributed by atoms with E-state index in [9.17, 15) is 0 Å². The van der Waals surface area contributed by atoms with Crippen molar-refractivity contribution in [3.05, 3.63) is 22.8 Å². The summed E-state index contributed by atoms with van der Waals surface area (Å²) in [5.41, 5.74) is 0. The van der Waals surface area contributed by atoms with Crippen LogP contribution in [0.4, 0.5) is 5.82 Å². The highest BCUT2D eigenvalue weighted by molar-refractivity contribution is 9.10. The average Bonchev–Trinajstić information content (AvgIpc) is 2.61. The fraction of sp³-hybridized carbons (Fsp3) is 0.545. The molecule has 1 N–H and O–H groups in total. The minimum Gasteiger partial charge on any atom is -0.368 e. The molecule has 0 spiro atoms. The van der Waals surface area contributed by atoms with E-state index in [1.807, 2.05) is 18.2 Å². The molecule has 0 aliphatic carbocycles. The lowest BCUT2D eigenvalue weighted by molar-refractivity contribution is 0.322. The SMILES string of the molecule is CN1CCCC1CNc1cccc(Br)n1. The first-order valence-electron chi connectivity index (χ1n) is 5.32. The number of nitrogens with zero attached hydrogens (tertiary/aromatic N) is 2. The molecule has 2 heterocycles. The lowest BCUT2D eigenvalue weighted by atomic mass is 10.2. The van der Waals surface area contributed by atoms with E-state index in [1.165, 1.54) is 19.4 Å². The van der Waals surface area contributed by atoms with Gasteiger partial charge in [-0.1, -0.05) is 6.07 Å². The maximum Gasteiger partial charge on any atom is 0.127 e. The molecule has 0 saturated carbocycles. The normalized spacial score (nSPS) is 21.9. The Hall–Kier alpha value is -0.610. The minimum atomic E-state index is 0.658. The number of likely N-dealkylation sites (N-methyl/N-ethyl adjacent to an activating group) is 1. The van der Waals surface area contributed by atoms with Crippen molar-refractivity contribution in [2.24, 2.45) is 0 Å². The molecule has 3 nitrogen and oxygen atoms in total. The Morgan fingerprint density at radius 1 is 1.60 bits per heavy atom. The highest BCUT2D eigenvalue weighted by atomic mass is 79.9. The third-order valence-corrected chi connectivity index (χ3v) is 3.35. The summed E-state index contributed by atoms with van der Waals surface area (Å²) < 4.78 is 0.882. The molecule has 82 valence electrons. The molecule has 1 aromatic rings. The largest absolute Gasteiger partial charge is 0.368 e. The molecule has 0 aromatic carbocycles. The van der Waals surface area contributed by atoms with Crippen molar-refractivity contribution in [2.45, 2.75) is 18.9 Å². The zero-order valence-corrected chi connectivity index (χ0v) is 10.5. The molecule has 1 unspecified atom stereocenters. The van der Waals surface area contributed by atoms with Crippen LogP contribution in [0.15, 0.2) is 22.8 Å². The molecule has 0 radical (unpaired) electrons. The topological polar surface area (TPSA) is 28.2 Å². The van der Waals surface area contributed by atoms with Crippen molar-refractivity contribution >= 4 is 21.7 Å². The minimum absolute atomic E-state index is 0.658. The monoisotopic (exact) mass is 269 g/mol. The van der Waals surface area contributed by atoms with Gasteiger partial charge >= 0.3 is 0 Å². The number of hydrogen-bond donors (Lipinski definition) is 1. The number of rotatable bonds is 3. The average molecular weight is 270 g/mol. The highest BCUT2D eigenvalue weighted by Gasteiger charge is 2.20. The predicted molar refractivity (Wildman–Crippen MR) is 66.1 cm³/mol. The van der Waals surface area contributed by atoms with E-state index in [0.29, 0.717) is 6.04 Å². The van der Waals surface area contributed by atoms with Crippen LogP contribution in [0.5, 0.6) is 0 Å². The Morgan fingerprint density at radius 2 is 2.47 bits per heavy atom. The molecule has 1 atom stereocenters. The van der Waals surface area contributed by atoms with Gasteiger partial charge < -0.3 is 10.2 Å². The van der Waals surface area contributed by atoms with E-state index in [1.54, 1.807) is 0 Å². The van der Waals surface area contributed by atoms with Crippen LogP contribution in [-0.2, 0) is 0 Å². The number of hydrogen-bond acceptors (Lipinski definition) is 3. The summed E-state index contributed by atoms with van der Waals surface area (Å²) in [6.07, 6.45) is 2.60. The maximum atomic E-state index is 4.35. The van der Waals surface area contributed by atoms with Gasteiger partial charge in [0.15, 0.2) is 0 Å². The van der Waals surface area contributed by atoms with Crippen LogP contribution in [-0.4, -0.2) is 36.1 Å². The van der Waals surface area contributed by atoms with E-state index in [-0.39, 0.29) is 0 Å². The van der Waals surface area contributed by atoms with E-state index >= 15 is 0 Å². The Morgan fingerprint density at radius 3 is 3.13 bits per heavy atom. The second-order valence-electron chi connectivity index (χ2n) is 4.00. The fourth-order valence-electron chi connectivity index (χ4n) is 1.97. The quantitative estimate of drug-likeness (QED) is 0.854. The molecule has 1 aliphatic rings. The van der Waals surface area contributed by atoms with E-state index < -0.39 is 0 Å². The van der Waals surface area contributed by atoms with Crippen molar-refractivity contribution in [1.29, 1.82) is 0 Å². The van der Waals surface area contributed by atoms with Gasteiger partial charge in [0, 0.05) is 12.6 Å². The first-order valence-corrected chi connectivity index (χ1v) is 6.11. The van der Waals surface area contributed by atoms with Gasteiger partial charge in [0.1, 0.15) is 10.4 Å². The molecule has 1 aliphatic heterocycles. The van der Waals surface area contributed by atoms with E-state index in [2.05, 4.69) is 38.2 Å². The standard InChI is InChI=1S/C11H16BrN3/c1-15-7-3-4-9(15)8-13-11-6-2-5-10(12)14-11/h2,5-6,9H,3-4,7-8H2,1H3,(H,13,14). The number of halogens is 1. The summed E-state index contributed by atoms with van der Waals surface area (Å²) in [5.74, 6) is 0.949. The molecule has 15 heavy (non-hydrogen) atoms. The summed E-state index contributed by atoms with van der Waals surface area (Å²) in [6, 6.07) is 6.59. The Labute approximate surface area is 99.0 Å². The summed E-state index contributed by atoms with van der Waals surface area (Å²) in [5, 5.41) is 3.38. The summed E-state index contributed by atoms with van der Waals surface area (Å²) in [7, 11) is 2.19. The van der Waals surface area contributed by atoms with Crippen LogP contribution < -0.4 is 5.32 Å². The van der Waals surface area contributed by atoms with Crippen LogP contribution >= 0.6 is 15.9 Å². The first kappa shape index (κ1) is 10.9. The molecule has 1 aromatic heterocycles. The third-order valence-electron chi connectivity index (χ3n) is 2.91. The summed E-state index contributed by atoms with van der Waals surface area (Å²) in [4.78, 5) is 6.75. The molecule has 0 bridgehead atoms. The highest BCUT2D eigenvalue weighted by Crippen LogP contribution is 2.16. The van der Waals surface area contributed by atoms with Crippen molar-refractivity contribution in [2.75, 3.05) is 25.5 Å². The number of anilines is 1. The van der Waals surface area contributed by atoms with Gasteiger partial charge in [-0.15, -0.1) is 0 Å². The maximum absolute atomic E-state index is 4.35. The first-order chi connectivity index (χ1) is 7.25. The second kappa shape index (κ2) is 4.94.